The first kappa shape index (κ1) is 16.7. The summed E-state index contributed by atoms with van der Waals surface area (Å²) < 4.78 is 43.5. The minimum atomic E-state index is -3.56. The van der Waals surface area contributed by atoms with Crippen molar-refractivity contribution in [3.8, 4) is 0 Å². The molecule has 1 aliphatic heterocycles. The fourth-order valence-electron chi connectivity index (χ4n) is 2.17. The molecule has 1 N–H and O–H groups in total. The Bertz CT molecular complexity index is 612. The average Bonchev–Trinajstić information content (AvgIpc) is 2.79. The first-order valence-corrected chi connectivity index (χ1v) is 9.91. The van der Waals surface area contributed by atoms with Gasteiger partial charge in [0.1, 0.15) is 16.4 Å². The van der Waals surface area contributed by atoms with Crippen LogP contribution in [0.1, 0.15) is 25.4 Å². The van der Waals surface area contributed by atoms with Crippen LogP contribution in [0.2, 0.25) is 0 Å². The van der Waals surface area contributed by atoms with Crippen LogP contribution in [0.4, 0.5) is 0 Å². The summed E-state index contributed by atoms with van der Waals surface area (Å²) in [6.45, 7) is 6.80. The second kappa shape index (κ2) is 6.60. The van der Waals surface area contributed by atoms with Crippen molar-refractivity contribution in [3.63, 3.8) is 0 Å². The Morgan fingerprint density at radius 1 is 1.38 bits per heavy atom. The summed E-state index contributed by atoms with van der Waals surface area (Å²) in [6.07, 6.45) is 0. The summed E-state index contributed by atoms with van der Waals surface area (Å²) in [6, 6.07) is 1.89. The smallest absolute Gasteiger partial charge is 0.246 e. The Morgan fingerprint density at radius 3 is 2.57 bits per heavy atom. The van der Waals surface area contributed by atoms with E-state index in [4.69, 9.17) is 4.42 Å². The molecule has 2 rings (SSSR count). The van der Waals surface area contributed by atoms with Gasteiger partial charge in [-0.15, -0.1) is 0 Å². The Hall–Kier alpha value is -0.700. The number of nitrogens with zero attached hydrogens (tertiary/aromatic N) is 1. The molecule has 0 aromatic carbocycles. The predicted molar refractivity (Wildman–Crippen MR) is 82.1 cm³/mol. The molecule has 1 aromatic rings. The van der Waals surface area contributed by atoms with Crippen LogP contribution in [-0.4, -0.2) is 47.6 Å². The summed E-state index contributed by atoms with van der Waals surface area (Å²) in [5.41, 5.74) is 0. The molecule has 0 spiro atoms. The predicted octanol–water partition coefficient (Wildman–Crippen LogP) is 0.839. The van der Waals surface area contributed by atoms with Crippen molar-refractivity contribution in [3.05, 3.63) is 17.6 Å². The van der Waals surface area contributed by atoms with Gasteiger partial charge in [0, 0.05) is 47.5 Å². The molecule has 1 saturated heterocycles. The monoisotopic (exact) mass is 334 g/mol. The maximum absolute atomic E-state index is 12.6. The summed E-state index contributed by atoms with van der Waals surface area (Å²) in [7, 11) is -4.46. The maximum Gasteiger partial charge on any atom is 0.246 e. The third-order valence-corrected chi connectivity index (χ3v) is 6.64. The number of hydrogen-bond donors (Lipinski definition) is 1. The largest absolute Gasteiger partial charge is 0.464 e. The van der Waals surface area contributed by atoms with E-state index in [9.17, 15) is 12.6 Å². The molecule has 120 valence electrons. The van der Waals surface area contributed by atoms with Gasteiger partial charge in [-0.3, -0.25) is 4.21 Å². The van der Waals surface area contributed by atoms with E-state index in [-0.39, 0.29) is 4.90 Å². The number of furan rings is 1. The lowest BCUT2D eigenvalue weighted by Crippen LogP contribution is -2.41. The molecule has 0 radical (unpaired) electrons. The van der Waals surface area contributed by atoms with Crippen LogP contribution in [-0.2, 0) is 27.4 Å². The van der Waals surface area contributed by atoms with Gasteiger partial charge < -0.3 is 9.73 Å². The van der Waals surface area contributed by atoms with E-state index in [1.54, 1.807) is 13.0 Å². The van der Waals surface area contributed by atoms with E-state index >= 15 is 0 Å². The molecule has 0 bridgehead atoms. The van der Waals surface area contributed by atoms with Crippen molar-refractivity contribution in [2.45, 2.75) is 38.3 Å². The van der Waals surface area contributed by atoms with Gasteiger partial charge in [0.2, 0.25) is 10.0 Å². The highest BCUT2D eigenvalue weighted by molar-refractivity contribution is 7.89. The zero-order chi connectivity index (χ0) is 15.6. The summed E-state index contributed by atoms with van der Waals surface area (Å²) in [5, 5.41) is 3.20. The second-order valence-corrected chi connectivity index (χ2v) is 9.02. The number of sulfonamides is 1. The van der Waals surface area contributed by atoms with Crippen LogP contribution in [0.5, 0.6) is 0 Å². The van der Waals surface area contributed by atoms with Crippen LogP contribution in [0.3, 0.4) is 0 Å². The van der Waals surface area contributed by atoms with Gasteiger partial charge in [0.25, 0.3) is 0 Å². The lowest BCUT2D eigenvalue weighted by Gasteiger charge is -2.25. The Morgan fingerprint density at radius 2 is 2.00 bits per heavy atom. The quantitative estimate of drug-likeness (QED) is 0.863. The molecule has 0 atom stereocenters. The first-order chi connectivity index (χ1) is 9.80. The highest BCUT2D eigenvalue weighted by Gasteiger charge is 2.31. The van der Waals surface area contributed by atoms with Crippen molar-refractivity contribution in [1.82, 2.24) is 9.62 Å². The van der Waals surface area contributed by atoms with Gasteiger partial charge in [-0.05, 0) is 6.92 Å². The van der Waals surface area contributed by atoms with Crippen molar-refractivity contribution in [1.29, 1.82) is 0 Å². The molecular formula is C13H22N2O4S2. The van der Waals surface area contributed by atoms with Gasteiger partial charge >= 0.3 is 0 Å². The topological polar surface area (TPSA) is 79.6 Å². The van der Waals surface area contributed by atoms with Crippen LogP contribution in [0, 0.1) is 6.92 Å². The van der Waals surface area contributed by atoms with E-state index in [1.807, 2.05) is 13.8 Å². The average molecular weight is 334 g/mol. The van der Waals surface area contributed by atoms with Crippen LogP contribution in [0.15, 0.2) is 15.4 Å². The number of aryl methyl sites for hydroxylation is 1. The standard InChI is InChI=1S/C13H22N2O4S2/c1-10(2)14-9-12-8-13(11(3)19-12)21(17,18)15-4-6-20(16)7-5-15/h8,10,14H,4-7,9H2,1-3H3. The number of rotatable bonds is 5. The lowest BCUT2D eigenvalue weighted by atomic mass is 10.3. The highest BCUT2D eigenvalue weighted by atomic mass is 32.2. The van der Waals surface area contributed by atoms with Gasteiger partial charge in [-0.1, -0.05) is 13.8 Å². The molecule has 6 nitrogen and oxygen atoms in total. The molecule has 1 aromatic heterocycles. The molecule has 1 aliphatic rings. The summed E-state index contributed by atoms with van der Waals surface area (Å²) in [5.74, 6) is 1.82. The Balaban J connectivity index is 2.18. The van der Waals surface area contributed by atoms with Crippen molar-refractivity contribution in [2.24, 2.45) is 0 Å². The molecule has 1 fully saturated rings. The van der Waals surface area contributed by atoms with E-state index in [0.29, 0.717) is 48.7 Å². The molecular weight excluding hydrogens is 312 g/mol. The van der Waals surface area contributed by atoms with Crippen molar-refractivity contribution >= 4 is 20.8 Å². The van der Waals surface area contributed by atoms with E-state index < -0.39 is 20.8 Å². The zero-order valence-corrected chi connectivity index (χ0v) is 14.2. The molecule has 0 amide bonds. The third kappa shape index (κ3) is 3.94. The zero-order valence-electron chi connectivity index (χ0n) is 12.6. The second-order valence-electron chi connectivity index (χ2n) is 5.42. The summed E-state index contributed by atoms with van der Waals surface area (Å²) in [4.78, 5) is 0.218. The number of hydrogen-bond acceptors (Lipinski definition) is 5. The minimum Gasteiger partial charge on any atom is -0.464 e. The maximum atomic E-state index is 12.6. The van der Waals surface area contributed by atoms with Gasteiger partial charge in [0.15, 0.2) is 0 Å². The SMILES string of the molecule is Cc1oc(CNC(C)C)cc1S(=O)(=O)N1CCS(=O)CC1. The van der Waals surface area contributed by atoms with Gasteiger partial charge in [-0.25, -0.2) is 8.42 Å². The fourth-order valence-corrected chi connectivity index (χ4v) is 5.08. The minimum absolute atomic E-state index is 0.218. The third-order valence-electron chi connectivity index (χ3n) is 3.36. The van der Waals surface area contributed by atoms with Crippen LogP contribution >= 0.6 is 0 Å². The van der Waals surface area contributed by atoms with Crippen LogP contribution in [0.25, 0.3) is 0 Å². The Labute approximate surface area is 128 Å². The highest BCUT2D eigenvalue weighted by Crippen LogP contribution is 2.24. The number of nitrogens with one attached hydrogen (secondary N) is 1. The fraction of sp³-hybridized carbons (Fsp3) is 0.692. The lowest BCUT2D eigenvalue weighted by molar-refractivity contribution is 0.429. The van der Waals surface area contributed by atoms with Gasteiger partial charge in [0.05, 0.1) is 6.54 Å². The first-order valence-electron chi connectivity index (χ1n) is 6.98. The molecule has 21 heavy (non-hydrogen) atoms. The van der Waals surface area contributed by atoms with Crippen molar-refractivity contribution in [2.75, 3.05) is 24.6 Å². The van der Waals surface area contributed by atoms with Crippen LogP contribution < -0.4 is 5.32 Å². The van der Waals surface area contributed by atoms with Gasteiger partial charge in [-0.2, -0.15) is 4.31 Å². The normalized spacial score (nSPS) is 18.5. The molecule has 0 unspecified atom stereocenters. The van der Waals surface area contributed by atoms with E-state index in [1.165, 1.54) is 4.31 Å². The summed E-state index contributed by atoms with van der Waals surface area (Å²) >= 11 is 0. The van der Waals surface area contributed by atoms with E-state index in [2.05, 4.69) is 5.32 Å². The molecule has 0 aliphatic carbocycles. The molecule has 2 heterocycles. The van der Waals surface area contributed by atoms with Crippen molar-refractivity contribution < 1.29 is 17.0 Å². The molecule has 8 heteroatoms. The Kier molecular flexibility index (Phi) is 5.24. The molecule has 0 saturated carbocycles. The van der Waals surface area contributed by atoms with E-state index in [0.717, 1.165) is 0 Å².